The maximum atomic E-state index is 12.0. The molecule has 10 heteroatoms. The number of benzene rings is 1. The zero-order chi connectivity index (χ0) is 18.1. The molecule has 0 spiro atoms. The summed E-state index contributed by atoms with van der Waals surface area (Å²) >= 11 is 0. The van der Waals surface area contributed by atoms with Gasteiger partial charge in [0.25, 0.3) is 0 Å². The Hall–Kier alpha value is -1.66. The van der Waals surface area contributed by atoms with Gasteiger partial charge < -0.3 is 10.6 Å². The molecule has 2 rings (SSSR count). The molecule has 144 valence electrons. The second kappa shape index (κ2) is 11.1. The molecule has 1 heterocycles. The van der Waals surface area contributed by atoms with Crippen LogP contribution < -0.4 is 15.4 Å². The molecular weight excluding hydrogens is 467 g/mol. The number of nitrogens with zero attached hydrogens (tertiary/aromatic N) is 3. The summed E-state index contributed by atoms with van der Waals surface area (Å²) in [5, 5.41) is 10.2. The van der Waals surface area contributed by atoms with Crippen molar-refractivity contribution < 1.29 is 8.42 Å². The lowest BCUT2D eigenvalue weighted by Crippen LogP contribution is -2.40. The number of nitrogens with one attached hydrogen (secondary N) is 3. The predicted molar refractivity (Wildman–Crippen MR) is 114 cm³/mol. The molecule has 26 heavy (non-hydrogen) atoms. The first-order valence-corrected chi connectivity index (χ1v) is 9.58. The van der Waals surface area contributed by atoms with Crippen LogP contribution in [-0.2, 0) is 30.2 Å². The molecule has 0 atom stereocenters. The zero-order valence-electron chi connectivity index (χ0n) is 14.8. The number of aliphatic imine (C=N–C) groups is 1. The van der Waals surface area contributed by atoms with Gasteiger partial charge in [-0.05, 0) is 11.6 Å². The van der Waals surface area contributed by atoms with E-state index < -0.39 is 10.0 Å². The minimum atomic E-state index is -3.36. The molecule has 3 N–H and O–H groups in total. The van der Waals surface area contributed by atoms with E-state index in [-0.39, 0.29) is 42.8 Å². The van der Waals surface area contributed by atoms with E-state index in [1.807, 2.05) is 43.4 Å². The van der Waals surface area contributed by atoms with Crippen LogP contribution >= 0.6 is 24.0 Å². The highest BCUT2D eigenvalue weighted by Gasteiger charge is 2.10. The van der Waals surface area contributed by atoms with Gasteiger partial charge in [0.15, 0.2) is 5.96 Å². The van der Waals surface area contributed by atoms with Gasteiger partial charge in [0.05, 0.1) is 18.0 Å². The van der Waals surface area contributed by atoms with Crippen molar-refractivity contribution in [1.29, 1.82) is 0 Å². The Morgan fingerprint density at radius 1 is 1.15 bits per heavy atom. The number of halogens is 1. The highest BCUT2D eigenvalue weighted by atomic mass is 127. The third kappa shape index (κ3) is 7.70. The largest absolute Gasteiger partial charge is 0.355 e. The van der Waals surface area contributed by atoms with Crippen molar-refractivity contribution in [2.45, 2.75) is 13.1 Å². The lowest BCUT2D eigenvalue weighted by atomic mass is 10.2. The smallest absolute Gasteiger partial charge is 0.213 e. The molecule has 0 fully saturated rings. The average Bonchev–Trinajstić information content (AvgIpc) is 3.02. The Bertz CT molecular complexity index is 792. The SMILES string of the molecule is CN=C(NCCS(=O)(=O)NCc1ccccc1)NCc1ccnn1C.I. The van der Waals surface area contributed by atoms with Crippen LogP contribution in [0.3, 0.4) is 0 Å². The van der Waals surface area contributed by atoms with Gasteiger partial charge in [0.1, 0.15) is 0 Å². The minimum absolute atomic E-state index is 0. The van der Waals surface area contributed by atoms with Gasteiger partial charge in [0.2, 0.25) is 10.0 Å². The van der Waals surface area contributed by atoms with Crippen LogP contribution in [0.25, 0.3) is 0 Å². The second-order valence-electron chi connectivity index (χ2n) is 5.42. The first-order chi connectivity index (χ1) is 12.0. The summed E-state index contributed by atoms with van der Waals surface area (Å²) in [6.45, 7) is 1.10. The summed E-state index contributed by atoms with van der Waals surface area (Å²) in [7, 11) is 0.141. The van der Waals surface area contributed by atoms with Crippen molar-refractivity contribution in [1.82, 2.24) is 25.1 Å². The lowest BCUT2D eigenvalue weighted by molar-refractivity contribution is 0.579. The molecule has 0 amide bonds. The van der Waals surface area contributed by atoms with Crippen molar-refractivity contribution in [3.63, 3.8) is 0 Å². The van der Waals surface area contributed by atoms with E-state index in [9.17, 15) is 8.42 Å². The number of hydrogen-bond donors (Lipinski definition) is 3. The molecule has 0 unspecified atom stereocenters. The van der Waals surface area contributed by atoms with Crippen molar-refractivity contribution in [3.05, 3.63) is 53.9 Å². The lowest BCUT2D eigenvalue weighted by Gasteiger charge is -2.12. The van der Waals surface area contributed by atoms with Crippen molar-refractivity contribution >= 4 is 40.0 Å². The predicted octanol–water partition coefficient (Wildman–Crippen LogP) is 0.823. The van der Waals surface area contributed by atoms with Crippen LogP contribution in [-0.4, -0.2) is 43.5 Å². The van der Waals surface area contributed by atoms with E-state index in [1.165, 1.54) is 0 Å². The highest BCUT2D eigenvalue weighted by molar-refractivity contribution is 14.0. The van der Waals surface area contributed by atoms with Crippen molar-refractivity contribution in [3.8, 4) is 0 Å². The number of aromatic nitrogens is 2. The number of aryl methyl sites for hydroxylation is 1. The quantitative estimate of drug-likeness (QED) is 0.288. The number of guanidine groups is 1. The van der Waals surface area contributed by atoms with Crippen molar-refractivity contribution in [2.24, 2.45) is 12.0 Å². The molecule has 0 saturated heterocycles. The number of rotatable bonds is 8. The Labute approximate surface area is 171 Å². The van der Waals surface area contributed by atoms with Crippen molar-refractivity contribution in [2.75, 3.05) is 19.3 Å². The Morgan fingerprint density at radius 2 is 1.88 bits per heavy atom. The molecule has 0 saturated carbocycles. The van der Waals surface area contributed by atoms with Crippen LogP contribution in [0.2, 0.25) is 0 Å². The topological polar surface area (TPSA) is 100 Å². The van der Waals surface area contributed by atoms with Gasteiger partial charge in [-0.3, -0.25) is 9.67 Å². The highest BCUT2D eigenvalue weighted by Crippen LogP contribution is 1.98. The van der Waals surface area contributed by atoms with Crippen LogP contribution in [0, 0.1) is 0 Å². The maximum Gasteiger partial charge on any atom is 0.213 e. The van der Waals surface area contributed by atoms with Crippen LogP contribution in [0.15, 0.2) is 47.6 Å². The second-order valence-corrected chi connectivity index (χ2v) is 7.35. The van der Waals surface area contributed by atoms with E-state index >= 15 is 0 Å². The van der Waals surface area contributed by atoms with Crippen LogP contribution in [0.5, 0.6) is 0 Å². The number of hydrogen-bond acceptors (Lipinski definition) is 4. The van der Waals surface area contributed by atoms with Gasteiger partial charge in [-0.25, -0.2) is 13.1 Å². The first kappa shape index (κ1) is 22.4. The normalized spacial score (nSPS) is 11.7. The van der Waals surface area contributed by atoms with Gasteiger partial charge in [-0.15, -0.1) is 24.0 Å². The molecule has 1 aromatic heterocycles. The van der Waals surface area contributed by atoms with Crippen LogP contribution in [0.4, 0.5) is 0 Å². The average molecular weight is 492 g/mol. The molecule has 1 aromatic carbocycles. The molecule has 0 aliphatic rings. The van der Waals surface area contributed by atoms with Gasteiger partial charge in [0, 0.05) is 33.4 Å². The summed E-state index contributed by atoms with van der Waals surface area (Å²) in [6.07, 6.45) is 1.72. The standard InChI is InChI=1S/C16H24N6O2S.HI/c1-17-16(19-13-15-8-9-20-22(15)2)18-10-11-25(23,24)21-12-14-6-4-3-5-7-14;/h3-9,21H,10-13H2,1-2H3,(H2,17,18,19);1H. The Balaban J connectivity index is 0.00000338. The first-order valence-electron chi connectivity index (χ1n) is 7.93. The third-order valence-corrected chi connectivity index (χ3v) is 4.91. The molecule has 8 nitrogen and oxygen atoms in total. The third-order valence-electron chi connectivity index (χ3n) is 3.59. The summed E-state index contributed by atoms with van der Waals surface area (Å²) in [4.78, 5) is 4.08. The molecule has 2 aromatic rings. The summed E-state index contributed by atoms with van der Waals surface area (Å²) in [6, 6.07) is 11.3. The van der Waals surface area contributed by atoms with Gasteiger partial charge in [-0.1, -0.05) is 30.3 Å². The maximum absolute atomic E-state index is 12.0. The monoisotopic (exact) mass is 492 g/mol. The van der Waals surface area contributed by atoms with E-state index in [4.69, 9.17) is 0 Å². The van der Waals surface area contributed by atoms with E-state index in [0.717, 1.165) is 11.3 Å². The fourth-order valence-electron chi connectivity index (χ4n) is 2.13. The van der Waals surface area contributed by atoms with E-state index in [1.54, 1.807) is 17.9 Å². The van der Waals surface area contributed by atoms with E-state index in [2.05, 4.69) is 25.4 Å². The molecule has 0 aliphatic carbocycles. The summed E-state index contributed by atoms with van der Waals surface area (Å²) < 4.78 is 28.4. The van der Waals surface area contributed by atoms with Gasteiger partial charge in [-0.2, -0.15) is 5.10 Å². The fourth-order valence-corrected chi connectivity index (χ4v) is 3.04. The molecular formula is C16H25IN6O2S. The minimum Gasteiger partial charge on any atom is -0.355 e. The Morgan fingerprint density at radius 3 is 2.50 bits per heavy atom. The zero-order valence-corrected chi connectivity index (χ0v) is 18.0. The summed E-state index contributed by atoms with van der Waals surface area (Å²) in [5.74, 6) is 0.506. The molecule has 0 radical (unpaired) electrons. The number of sulfonamides is 1. The molecule has 0 aliphatic heterocycles. The van der Waals surface area contributed by atoms with Crippen LogP contribution in [0.1, 0.15) is 11.3 Å². The molecule has 0 bridgehead atoms. The summed E-state index contributed by atoms with van der Waals surface area (Å²) in [5.41, 5.74) is 1.92. The van der Waals surface area contributed by atoms with E-state index in [0.29, 0.717) is 12.5 Å². The fraction of sp³-hybridized carbons (Fsp3) is 0.375. The van der Waals surface area contributed by atoms with Gasteiger partial charge >= 0.3 is 0 Å². The Kier molecular flexibility index (Phi) is 9.59.